The minimum Gasteiger partial charge on any atom is -0.432 e. The van der Waals surface area contributed by atoms with Gasteiger partial charge in [0.2, 0.25) is 0 Å². The van der Waals surface area contributed by atoms with E-state index >= 15 is 0 Å². The third kappa shape index (κ3) is 3.35. The van der Waals surface area contributed by atoms with Crippen LogP contribution in [0.5, 0.6) is 0 Å². The van der Waals surface area contributed by atoms with Gasteiger partial charge in [-0.25, -0.2) is 10.1 Å². The van der Waals surface area contributed by atoms with Crippen molar-refractivity contribution in [3.8, 4) is 5.82 Å². The molecule has 2 rings (SSSR count). The molecule has 3 nitrogen and oxygen atoms in total. The molecule has 0 bridgehead atoms. The Hall–Kier alpha value is 0.202. The standard InChI is InChI=1S/C9H5F3N3.Cs/c10-9(11,12)7-2-3-8(13-6-7)15-5-1-4-14-15;/h2-6H;/q-1;+1. The second-order valence-corrected chi connectivity index (χ2v) is 2.79. The van der Waals surface area contributed by atoms with E-state index in [-0.39, 0.29) is 68.9 Å². The van der Waals surface area contributed by atoms with E-state index in [0.29, 0.717) is 5.82 Å². The topological polar surface area (TPSA) is 30.7 Å². The molecule has 0 amide bonds. The zero-order valence-corrected chi connectivity index (χ0v) is 14.6. The number of halogens is 3. The van der Waals surface area contributed by atoms with Crippen molar-refractivity contribution in [2.75, 3.05) is 0 Å². The predicted octanol–water partition coefficient (Wildman–Crippen LogP) is -0.910. The number of nitrogens with zero attached hydrogens (tertiary/aromatic N) is 3. The molecule has 0 spiro atoms. The van der Waals surface area contributed by atoms with Crippen LogP contribution in [0.25, 0.3) is 5.82 Å². The monoisotopic (exact) mass is 345 g/mol. The van der Waals surface area contributed by atoms with Crippen LogP contribution >= 0.6 is 0 Å². The smallest absolute Gasteiger partial charge is 0.432 e. The Morgan fingerprint density at radius 3 is 2.44 bits per heavy atom. The molecule has 7 heteroatoms. The van der Waals surface area contributed by atoms with Gasteiger partial charge in [-0.05, 0) is 12.1 Å². The van der Waals surface area contributed by atoms with Gasteiger partial charge in [0.1, 0.15) is 5.82 Å². The van der Waals surface area contributed by atoms with Crippen LogP contribution in [0, 0.1) is 6.07 Å². The third-order valence-electron chi connectivity index (χ3n) is 1.76. The van der Waals surface area contributed by atoms with Crippen LogP contribution in [0.2, 0.25) is 0 Å². The maximum atomic E-state index is 12.2. The zero-order valence-electron chi connectivity index (χ0n) is 8.36. The van der Waals surface area contributed by atoms with Crippen molar-refractivity contribution in [2.24, 2.45) is 0 Å². The van der Waals surface area contributed by atoms with Crippen molar-refractivity contribution in [1.82, 2.24) is 14.8 Å². The van der Waals surface area contributed by atoms with E-state index in [2.05, 4.69) is 16.1 Å². The molecule has 2 heterocycles. The van der Waals surface area contributed by atoms with Gasteiger partial charge in [-0.1, -0.05) is 0 Å². The Bertz CT molecular complexity index is 436. The molecule has 0 aromatic carbocycles. The van der Waals surface area contributed by atoms with Crippen molar-refractivity contribution >= 4 is 0 Å². The molecule has 2 aromatic heterocycles. The first-order valence-corrected chi connectivity index (χ1v) is 4.02. The fourth-order valence-electron chi connectivity index (χ4n) is 1.05. The molecule has 0 aliphatic carbocycles. The predicted molar refractivity (Wildman–Crippen MR) is 45.2 cm³/mol. The summed E-state index contributed by atoms with van der Waals surface area (Å²) in [6, 6.07) is 4.88. The molecule has 0 atom stereocenters. The van der Waals surface area contributed by atoms with Gasteiger partial charge in [-0.2, -0.15) is 13.2 Å². The first kappa shape index (κ1) is 14.3. The minimum absolute atomic E-state index is 0. The van der Waals surface area contributed by atoms with Crippen molar-refractivity contribution in [3.05, 3.63) is 42.4 Å². The molecular weight excluding hydrogens is 340 g/mol. The van der Waals surface area contributed by atoms with Crippen molar-refractivity contribution < 1.29 is 82.1 Å². The summed E-state index contributed by atoms with van der Waals surface area (Å²) in [4.78, 5) is 3.65. The van der Waals surface area contributed by atoms with Crippen LogP contribution < -0.4 is 68.9 Å². The fraction of sp³-hybridized carbons (Fsp3) is 0.111. The van der Waals surface area contributed by atoms with Crippen LogP contribution in [0.3, 0.4) is 0 Å². The summed E-state index contributed by atoms with van der Waals surface area (Å²) >= 11 is 0. The number of aromatic nitrogens is 3. The molecule has 0 aliphatic rings. The second-order valence-electron chi connectivity index (χ2n) is 2.79. The van der Waals surface area contributed by atoms with Gasteiger partial charge in [0.05, 0.1) is 5.56 Å². The van der Waals surface area contributed by atoms with Gasteiger partial charge in [-0.3, -0.25) is 4.68 Å². The maximum Gasteiger partial charge on any atom is 1.00 e. The third-order valence-corrected chi connectivity index (χ3v) is 1.76. The molecular formula is C9H5CsF3N3. The van der Waals surface area contributed by atoms with Gasteiger partial charge in [0.15, 0.2) is 0 Å². The molecule has 0 saturated carbocycles. The summed E-state index contributed by atoms with van der Waals surface area (Å²) in [6.45, 7) is 0. The number of pyridine rings is 1. The quantitative estimate of drug-likeness (QED) is 0.627. The van der Waals surface area contributed by atoms with E-state index in [1.54, 1.807) is 0 Å². The SMILES string of the molecule is FC(F)(F)c1ccc(-n2c[c-]cn2)nc1.[Cs+]. The Kier molecular flexibility index (Phi) is 5.08. The van der Waals surface area contributed by atoms with Gasteiger partial charge in [0.25, 0.3) is 0 Å². The van der Waals surface area contributed by atoms with Gasteiger partial charge >= 0.3 is 75.1 Å². The minimum atomic E-state index is -4.36. The number of rotatable bonds is 1. The Morgan fingerprint density at radius 2 is 2.00 bits per heavy atom. The maximum absolute atomic E-state index is 12.2. The average molecular weight is 345 g/mol. The largest absolute Gasteiger partial charge is 1.00 e. The molecule has 78 valence electrons. The van der Waals surface area contributed by atoms with Crippen LogP contribution in [-0.2, 0) is 6.18 Å². The molecule has 0 saturated heterocycles. The second kappa shape index (κ2) is 5.70. The fourth-order valence-corrected chi connectivity index (χ4v) is 1.05. The number of hydrogen-bond acceptors (Lipinski definition) is 2. The molecule has 0 fully saturated rings. The Balaban J connectivity index is 0.00000128. The van der Waals surface area contributed by atoms with Crippen molar-refractivity contribution in [3.63, 3.8) is 0 Å². The summed E-state index contributed by atoms with van der Waals surface area (Å²) in [6.07, 6.45) is -0.701. The Labute approximate surface area is 148 Å². The Morgan fingerprint density at radius 1 is 1.25 bits per heavy atom. The summed E-state index contributed by atoms with van der Waals surface area (Å²) in [5.41, 5.74) is -0.776. The van der Waals surface area contributed by atoms with Gasteiger partial charge in [0, 0.05) is 6.20 Å². The van der Waals surface area contributed by atoms with Crippen LogP contribution in [0.4, 0.5) is 13.2 Å². The van der Waals surface area contributed by atoms with Crippen molar-refractivity contribution in [2.45, 2.75) is 6.18 Å². The summed E-state index contributed by atoms with van der Waals surface area (Å²) < 4.78 is 37.9. The number of alkyl halides is 3. The number of hydrogen-bond donors (Lipinski definition) is 0. The first-order valence-electron chi connectivity index (χ1n) is 4.02. The van der Waals surface area contributed by atoms with Gasteiger partial charge < -0.3 is 6.07 Å². The molecule has 0 unspecified atom stereocenters. The first-order chi connectivity index (χ1) is 7.07. The summed E-state index contributed by atoms with van der Waals surface area (Å²) in [7, 11) is 0. The van der Waals surface area contributed by atoms with Gasteiger partial charge in [-0.15, -0.1) is 12.4 Å². The molecule has 0 radical (unpaired) electrons. The zero-order chi connectivity index (χ0) is 10.9. The molecule has 0 N–H and O–H groups in total. The van der Waals surface area contributed by atoms with Crippen LogP contribution in [-0.4, -0.2) is 14.8 Å². The van der Waals surface area contributed by atoms with E-state index in [1.807, 2.05) is 0 Å². The molecule has 0 aliphatic heterocycles. The molecule has 2 aromatic rings. The van der Waals surface area contributed by atoms with E-state index in [4.69, 9.17) is 0 Å². The van der Waals surface area contributed by atoms with E-state index in [9.17, 15) is 13.2 Å². The van der Waals surface area contributed by atoms with E-state index in [1.165, 1.54) is 23.1 Å². The normalized spacial score (nSPS) is 10.9. The summed E-state index contributed by atoms with van der Waals surface area (Å²) in [5, 5.41) is 3.80. The van der Waals surface area contributed by atoms with Crippen molar-refractivity contribution in [1.29, 1.82) is 0 Å². The van der Waals surface area contributed by atoms with E-state index < -0.39 is 11.7 Å². The van der Waals surface area contributed by atoms with Crippen LogP contribution in [0.15, 0.2) is 30.7 Å². The summed E-state index contributed by atoms with van der Waals surface area (Å²) in [5.74, 6) is 0.323. The average Bonchev–Trinajstić information content (AvgIpc) is 2.69. The molecule has 16 heavy (non-hydrogen) atoms. The van der Waals surface area contributed by atoms with Crippen LogP contribution in [0.1, 0.15) is 5.56 Å². The van der Waals surface area contributed by atoms with E-state index in [0.717, 1.165) is 12.3 Å².